The molecule has 0 spiro atoms. The zero-order valence-corrected chi connectivity index (χ0v) is 15.7. The number of imidazole rings is 1. The SMILES string of the molecule is CC(C)CC(=O)N(Cc1nccn1Cc1ccccc1Cl)CC1CC1. The molecule has 4 nitrogen and oxygen atoms in total. The fourth-order valence-corrected chi connectivity index (χ4v) is 3.16. The van der Waals surface area contributed by atoms with Crippen molar-refractivity contribution < 1.29 is 4.79 Å². The van der Waals surface area contributed by atoms with Crippen molar-refractivity contribution in [2.24, 2.45) is 11.8 Å². The van der Waals surface area contributed by atoms with Crippen molar-refractivity contribution >= 4 is 17.5 Å². The number of benzene rings is 1. The van der Waals surface area contributed by atoms with E-state index in [4.69, 9.17) is 11.6 Å². The van der Waals surface area contributed by atoms with E-state index in [1.165, 1.54) is 12.8 Å². The molecule has 0 bridgehead atoms. The molecule has 1 aliphatic rings. The number of amides is 1. The molecule has 1 aromatic heterocycles. The second-order valence-corrected chi connectivity index (χ2v) is 7.79. The molecule has 0 radical (unpaired) electrons. The van der Waals surface area contributed by atoms with Gasteiger partial charge in [0.15, 0.2) is 0 Å². The van der Waals surface area contributed by atoms with Crippen LogP contribution < -0.4 is 0 Å². The van der Waals surface area contributed by atoms with Crippen LogP contribution in [0.1, 0.15) is 44.5 Å². The standard InChI is InChI=1S/C20H26ClN3O/c1-15(2)11-20(25)24(12-16-7-8-16)14-19-22-9-10-23(19)13-17-5-3-4-6-18(17)21/h3-6,9-10,15-16H,7-8,11-14H2,1-2H3. The first-order chi connectivity index (χ1) is 12.0. The Kier molecular flexibility index (Phi) is 5.79. The van der Waals surface area contributed by atoms with Crippen molar-refractivity contribution in [1.29, 1.82) is 0 Å². The second-order valence-electron chi connectivity index (χ2n) is 7.38. The molecule has 3 rings (SSSR count). The van der Waals surface area contributed by atoms with Gasteiger partial charge in [0.2, 0.25) is 5.91 Å². The molecule has 1 heterocycles. The Morgan fingerprint density at radius 2 is 2.12 bits per heavy atom. The Bertz CT molecular complexity index is 721. The topological polar surface area (TPSA) is 38.1 Å². The van der Waals surface area contributed by atoms with Gasteiger partial charge in [0.05, 0.1) is 13.1 Å². The predicted molar refractivity (Wildman–Crippen MR) is 100 cm³/mol. The number of carbonyl (C=O) groups excluding carboxylic acids is 1. The molecule has 0 aliphatic heterocycles. The summed E-state index contributed by atoms with van der Waals surface area (Å²) in [6.07, 6.45) is 6.83. The third kappa shape index (κ3) is 5.08. The smallest absolute Gasteiger partial charge is 0.223 e. The normalized spacial score (nSPS) is 14.1. The Labute approximate surface area is 154 Å². The van der Waals surface area contributed by atoms with Gasteiger partial charge in [0.25, 0.3) is 0 Å². The van der Waals surface area contributed by atoms with Crippen LogP contribution in [0.3, 0.4) is 0 Å². The van der Waals surface area contributed by atoms with Crippen molar-refractivity contribution in [3.05, 3.63) is 53.1 Å². The van der Waals surface area contributed by atoms with Crippen molar-refractivity contribution in [3.63, 3.8) is 0 Å². The monoisotopic (exact) mass is 359 g/mol. The van der Waals surface area contributed by atoms with Gasteiger partial charge in [-0.1, -0.05) is 43.6 Å². The summed E-state index contributed by atoms with van der Waals surface area (Å²) in [5.41, 5.74) is 1.06. The minimum atomic E-state index is 0.231. The average Bonchev–Trinajstić information content (AvgIpc) is 3.27. The minimum Gasteiger partial charge on any atom is -0.335 e. The molecule has 0 unspecified atom stereocenters. The fraction of sp³-hybridized carbons (Fsp3) is 0.500. The summed E-state index contributed by atoms with van der Waals surface area (Å²) < 4.78 is 2.09. The number of nitrogens with zero attached hydrogens (tertiary/aromatic N) is 3. The molecule has 1 aliphatic carbocycles. The summed E-state index contributed by atoms with van der Waals surface area (Å²) in [6, 6.07) is 7.85. The van der Waals surface area contributed by atoms with Crippen molar-refractivity contribution in [2.45, 2.75) is 46.2 Å². The van der Waals surface area contributed by atoms with Crippen LogP contribution in [0, 0.1) is 11.8 Å². The maximum absolute atomic E-state index is 12.6. The molecule has 1 aromatic carbocycles. The lowest BCUT2D eigenvalue weighted by Crippen LogP contribution is -2.34. The molecule has 1 amide bonds. The number of carbonyl (C=O) groups is 1. The van der Waals surface area contributed by atoms with Gasteiger partial charge in [0, 0.05) is 30.4 Å². The Hall–Kier alpha value is -1.81. The van der Waals surface area contributed by atoms with E-state index in [1.54, 1.807) is 6.20 Å². The lowest BCUT2D eigenvalue weighted by atomic mass is 10.1. The van der Waals surface area contributed by atoms with Crippen LogP contribution in [-0.2, 0) is 17.9 Å². The van der Waals surface area contributed by atoms with Gasteiger partial charge in [-0.2, -0.15) is 0 Å². The minimum absolute atomic E-state index is 0.231. The summed E-state index contributed by atoms with van der Waals surface area (Å²) in [6.45, 7) is 6.27. The van der Waals surface area contributed by atoms with E-state index in [-0.39, 0.29) is 5.91 Å². The van der Waals surface area contributed by atoms with Crippen LogP contribution in [-0.4, -0.2) is 26.9 Å². The lowest BCUT2D eigenvalue weighted by molar-refractivity contribution is -0.133. The van der Waals surface area contributed by atoms with Gasteiger partial charge in [-0.05, 0) is 36.3 Å². The van der Waals surface area contributed by atoms with Gasteiger partial charge in [0.1, 0.15) is 5.82 Å². The van der Waals surface area contributed by atoms with E-state index >= 15 is 0 Å². The lowest BCUT2D eigenvalue weighted by Gasteiger charge is -2.24. The van der Waals surface area contributed by atoms with Crippen molar-refractivity contribution in [1.82, 2.24) is 14.5 Å². The number of hydrogen-bond acceptors (Lipinski definition) is 2. The van der Waals surface area contributed by atoms with Crippen LogP contribution >= 0.6 is 11.6 Å². The molecule has 1 fully saturated rings. The zero-order chi connectivity index (χ0) is 17.8. The molecule has 5 heteroatoms. The second kappa shape index (κ2) is 8.05. The Balaban J connectivity index is 1.73. The Morgan fingerprint density at radius 3 is 2.80 bits per heavy atom. The highest BCUT2D eigenvalue weighted by molar-refractivity contribution is 6.31. The summed E-state index contributed by atoms with van der Waals surface area (Å²) >= 11 is 6.29. The summed E-state index contributed by atoms with van der Waals surface area (Å²) in [5, 5.41) is 0.757. The van der Waals surface area contributed by atoms with E-state index < -0.39 is 0 Å². The number of aromatic nitrogens is 2. The highest BCUT2D eigenvalue weighted by Crippen LogP contribution is 2.30. The maximum atomic E-state index is 12.6. The van der Waals surface area contributed by atoms with Crippen LogP contribution in [0.5, 0.6) is 0 Å². The van der Waals surface area contributed by atoms with E-state index in [2.05, 4.69) is 23.4 Å². The Morgan fingerprint density at radius 1 is 1.36 bits per heavy atom. The average molecular weight is 360 g/mol. The molecule has 1 saturated carbocycles. The first kappa shape index (κ1) is 18.0. The number of rotatable bonds is 8. The first-order valence-electron chi connectivity index (χ1n) is 9.04. The van der Waals surface area contributed by atoms with Gasteiger partial charge in [-0.15, -0.1) is 0 Å². The first-order valence-corrected chi connectivity index (χ1v) is 9.42. The van der Waals surface area contributed by atoms with Crippen LogP contribution in [0.15, 0.2) is 36.7 Å². The zero-order valence-electron chi connectivity index (χ0n) is 15.0. The van der Waals surface area contributed by atoms with Gasteiger partial charge < -0.3 is 9.47 Å². The molecule has 0 N–H and O–H groups in total. The van der Waals surface area contributed by atoms with Crippen molar-refractivity contribution in [2.75, 3.05) is 6.54 Å². The molecular weight excluding hydrogens is 334 g/mol. The van der Waals surface area contributed by atoms with E-state index in [9.17, 15) is 4.79 Å². The fourth-order valence-electron chi connectivity index (χ4n) is 2.96. The van der Waals surface area contributed by atoms with Crippen LogP contribution in [0.4, 0.5) is 0 Å². The van der Waals surface area contributed by atoms with E-state index in [1.807, 2.05) is 35.4 Å². The van der Waals surface area contributed by atoms with Crippen LogP contribution in [0.25, 0.3) is 0 Å². The largest absolute Gasteiger partial charge is 0.335 e. The molecule has 0 atom stereocenters. The quantitative estimate of drug-likeness (QED) is 0.702. The summed E-state index contributed by atoms with van der Waals surface area (Å²) in [7, 11) is 0. The molecule has 0 saturated heterocycles. The number of hydrogen-bond donors (Lipinski definition) is 0. The third-order valence-corrected chi connectivity index (χ3v) is 4.91. The van der Waals surface area contributed by atoms with Gasteiger partial charge in [-0.25, -0.2) is 4.98 Å². The van der Waals surface area contributed by atoms with Gasteiger partial charge >= 0.3 is 0 Å². The highest BCUT2D eigenvalue weighted by atomic mass is 35.5. The van der Waals surface area contributed by atoms with Crippen LogP contribution in [0.2, 0.25) is 5.02 Å². The summed E-state index contributed by atoms with van der Waals surface area (Å²) in [4.78, 5) is 19.1. The van der Waals surface area contributed by atoms with Gasteiger partial charge in [-0.3, -0.25) is 4.79 Å². The molecule has 25 heavy (non-hydrogen) atoms. The van der Waals surface area contributed by atoms with Crippen molar-refractivity contribution in [3.8, 4) is 0 Å². The third-order valence-electron chi connectivity index (χ3n) is 4.54. The van der Waals surface area contributed by atoms with E-state index in [0.717, 1.165) is 23.0 Å². The predicted octanol–water partition coefficient (Wildman–Crippen LogP) is 4.37. The van der Waals surface area contributed by atoms with E-state index in [0.29, 0.717) is 31.3 Å². The molecular formula is C20H26ClN3O. The number of halogens is 1. The maximum Gasteiger partial charge on any atom is 0.223 e. The highest BCUT2D eigenvalue weighted by Gasteiger charge is 2.27. The summed E-state index contributed by atoms with van der Waals surface area (Å²) in [5.74, 6) is 2.19. The molecule has 2 aromatic rings. The molecule has 134 valence electrons.